The number of hydrogen-bond donors (Lipinski definition) is 3. The number of carbonyl (C=O) groups excluding carboxylic acids is 1. The second kappa shape index (κ2) is 6.07. The predicted molar refractivity (Wildman–Crippen MR) is 93.1 cm³/mol. The summed E-state index contributed by atoms with van der Waals surface area (Å²) in [6.45, 7) is 2.71. The Balaban J connectivity index is 1.26. The van der Waals surface area contributed by atoms with Crippen LogP contribution in [0.1, 0.15) is 29.2 Å². The van der Waals surface area contributed by atoms with Gasteiger partial charge in [0.2, 0.25) is 0 Å². The summed E-state index contributed by atoms with van der Waals surface area (Å²) < 4.78 is 5.37. The number of aromatic amines is 1. The van der Waals surface area contributed by atoms with E-state index >= 15 is 0 Å². The molecule has 1 aliphatic rings. The van der Waals surface area contributed by atoms with E-state index in [0.29, 0.717) is 12.5 Å². The summed E-state index contributed by atoms with van der Waals surface area (Å²) in [5, 5.41) is 7.18. The van der Waals surface area contributed by atoms with Gasteiger partial charge in [-0.25, -0.2) is 4.79 Å². The zero-order valence-electron chi connectivity index (χ0n) is 13.6. The van der Waals surface area contributed by atoms with Crippen molar-refractivity contribution >= 4 is 16.9 Å². The molecule has 0 unspecified atom stereocenters. The molecule has 4 rings (SSSR count). The number of aryl methyl sites for hydroxylation is 1. The molecule has 124 valence electrons. The molecular weight excluding hydrogens is 302 g/mol. The lowest BCUT2D eigenvalue weighted by molar-refractivity contribution is 0.240. The van der Waals surface area contributed by atoms with Crippen LogP contribution in [0.3, 0.4) is 0 Å². The molecule has 5 heteroatoms. The molecule has 2 aromatic heterocycles. The van der Waals surface area contributed by atoms with E-state index in [0.717, 1.165) is 24.1 Å². The van der Waals surface area contributed by atoms with Gasteiger partial charge in [0.1, 0.15) is 5.76 Å². The van der Waals surface area contributed by atoms with Crippen LogP contribution < -0.4 is 10.6 Å². The fourth-order valence-electron chi connectivity index (χ4n) is 3.20. The topological polar surface area (TPSA) is 70.1 Å². The quantitative estimate of drug-likeness (QED) is 0.673. The Morgan fingerprint density at radius 3 is 3.12 bits per heavy atom. The lowest BCUT2D eigenvalue weighted by atomic mass is 10.1. The lowest BCUT2D eigenvalue weighted by Gasteiger charge is -2.07. The first-order valence-corrected chi connectivity index (χ1v) is 8.35. The Morgan fingerprint density at radius 1 is 1.38 bits per heavy atom. The number of fused-ring (bicyclic) bond motifs is 1. The third-order valence-corrected chi connectivity index (χ3v) is 4.62. The Kier molecular flexibility index (Phi) is 3.76. The molecular formula is C19H21N3O2. The van der Waals surface area contributed by atoms with Gasteiger partial charge >= 0.3 is 6.03 Å². The van der Waals surface area contributed by atoms with E-state index < -0.39 is 0 Å². The maximum atomic E-state index is 12.0. The number of furan rings is 1. The summed E-state index contributed by atoms with van der Waals surface area (Å²) in [6.07, 6.45) is 5.46. The molecule has 5 nitrogen and oxygen atoms in total. The monoisotopic (exact) mass is 323 g/mol. The molecule has 2 heterocycles. The molecule has 3 aromatic rings. The number of hydrogen-bond acceptors (Lipinski definition) is 2. The van der Waals surface area contributed by atoms with Crippen LogP contribution in [0.5, 0.6) is 0 Å². The molecule has 0 radical (unpaired) electrons. The van der Waals surface area contributed by atoms with Crippen molar-refractivity contribution < 1.29 is 9.21 Å². The second-order valence-corrected chi connectivity index (χ2v) is 6.48. The summed E-state index contributed by atoms with van der Waals surface area (Å²) in [5.41, 5.74) is 3.61. The van der Waals surface area contributed by atoms with Gasteiger partial charge in [0.25, 0.3) is 0 Å². The van der Waals surface area contributed by atoms with Gasteiger partial charge in [-0.05, 0) is 49.6 Å². The van der Waals surface area contributed by atoms with E-state index in [-0.39, 0.29) is 12.1 Å². The summed E-state index contributed by atoms with van der Waals surface area (Å²) in [4.78, 5) is 15.3. The van der Waals surface area contributed by atoms with E-state index in [1.807, 2.05) is 18.3 Å². The lowest BCUT2D eigenvalue weighted by Crippen LogP contribution is -2.38. The Morgan fingerprint density at radius 2 is 2.29 bits per heavy atom. The molecule has 1 saturated carbocycles. The molecule has 0 saturated heterocycles. The van der Waals surface area contributed by atoms with Gasteiger partial charge in [-0.1, -0.05) is 11.6 Å². The first-order chi connectivity index (χ1) is 11.7. The average Bonchev–Trinajstić information content (AvgIpc) is 2.99. The van der Waals surface area contributed by atoms with Crippen LogP contribution >= 0.6 is 0 Å². The van der Waals surface area contributed by atoms with Crippen molar-refractivity contribution in [2.45, 2.75) is 31.7 Å². The fraction of sp³-hybridized carbons (Fsp3) is 0.316. The Hall–Kier alpha value is -2.69. The number of aromatic nitrogens is 1. The standard InChI is InChI=1S/C19H21N3O2/c1-12-4-5-16-14(9-12)13(11-21-16)6-7-20-19(23)22-17-10-15(17)18-3-2-8-24-18/h2-5,8-9,11,15,17,21H,6-7,10H2,1H3,(H2,20,22,23)/t15-,17-/m1/s1. The van der Waals surface area contributed by atoms with E-state index in [4.69, 9.17) is 4.42 Å². The molecule has 2 atom stereocenters. The van der Waals surface area contributed by atoms with Crippen molar-refractivity contribution in [3.8, 4) is 0 Å². The molecule has 1 aromatic carbocycles. The normalized spacial score (nSPS) is 19.4. The molecule has 24 heavy (non-hydrogen) atoms. The minimum atomic E-state index is -0.106. The maximum absolute atomic E-state index is 12.0. The van der Waals surface area contributed by atoms with Gasteiger partial charge in [0, 0.05) is 35.6 Å². The number of nitrogens with one attached hydrogen (secondary N) is 3. The molecule has 0 aliphatic heterocycles. The molecule has 0 bridgehead atoms. The number of benzene rings is 1. The van der Waals surface area contributed by atoms with Crippen LogP contribution in [0.15, 0.2) is 47.2 Å². The number of rotatable bonds is 5. The van der Waals surface area contributed by atoms with Crippen molar-refractivity contribution in [2.75, 3.05) is 6.54 Å². The van der Waals surface area contributed by atoms with Gasteiger partial charge in [0.05, 0.1) is 6.26 Å². The summed E-state index contributed by atoms with van der Waals surface area (Å²) in [5.74, 6) is 1.27. The molecule has 1 fully saturated rings. The van der Waals surface area contributed by atoms with Crippen molar-refractivity contribution in [1.29, 1.82) is 0 Å². The highest BCUT2D eigenvalue weighted by Gasteiger charge is 2.41. The van der Waals surface area contributed by atoms with E-state index in [2.05, 4.69) is 40.7 Å². The van der Waals surface area contributed by atoms with Crippen molar-refractivity contribution in [3.63, 3.8) is 0 Å². The van der Waals surface area contributed by atoms with Crippen LogP contribution in [-0.4, -0.2) is 23.6 Å². The number of amides is 2. The van der Waals surface area contributed by atoms with E-state index in [9.17, 15) is 4.79 Å². The van der Waals surface area contributed by atoms with E-state index in [1.165, 1.54) is 16.5 Å². The highest BCUT2D eigenvalue weighted by atomic mass is 16.3. The number of carbonyl (C=O) groups is 1. The molecule has 1 aliphatic carbocycles. The summed E-state index contributed by atoms with van der Waals surface area (Å²) in [6, 6.07) is 10.3. The Labute approximate surface area is 140 Å². The van der Waals surface area contributed by atoms with Gasteiger partial charge in [-0.3, -0.25) is 0 Å². The first kappa shape index (κ1) is 14.9. The Bertz CT molecular complexity index is 851. The third-order valence-electron chi connectivity index (χ3n) is 4.62. The zero-order chi connectivity index (χ0) is 16.5. The highest BCUT2D eigenvalue weighted by molar-refractivity contribution is 5.84. The van der Waals surface area contributed by atoms with Crippen LogP contribution in [0.4, 0.5) is 4.79 Å². The molecule has 2 amide bonds. The van der Waals surface area contributed by atoms with Crippen molar-refractivity contribution in [3.05, 3.63) is 59.7 Å². The van der Waals surface area contributed by atoms with Crippen LogP contribution in [0.25, 0.3) is 10.9 Å². The molecule has 0 spiro atoms. The smallest absolute Gasteiger partial charge is 0.315 e. The third kappa shape index (κ3) is 3.02. The first-order valence-electron chi connectivity index (χ1n) is 8.35. The average molecular weight is 323 g/mol. The van der Waals surface area contributed by atoms with Crippen LogP contribution in [-0.2, 0) is 6.42 Å². The summed E-state index contributed by atoms with van der Waals surface area (Å²) >= 11 is 0. The van der Waals surface area contributed by atoms with E-state index in [1.54, 1.807) is 6.26 Å². The second-order valence-electron chi connectivity index (χ2n) is 6.48. The zero-order valence-corrected chi connectivity index (χ0v) is 13.6. The minimum absolute atomic E-state index is 0.106. The van der Waals surface area contributed by atoms with Gasteiger partial charge in [0.15, 0.2) is 0 Å². The van der Waals surface area contributed by atoms with Gasteiger partial charge < -0.3 is 20.0 Å². The van der Waals surface area contributed by atoms with Gasteiger partial charge in [-0.15, -0.1) is 0 Å². The fourth-order valence-corrected chi connectivity index (χ4v) is 3.20. The van der Waals surface area contributed by atoms with Crippen LogP contribution in [0, 0.1) is 6.92 Å². The minimum Gasteiger partial charge on any atom is -0.469 e. The molecule has 3 N–H and O–H groups in total. The largest absolute Gasteiger partial charge is 0.469 e. The maximum Gasteiger partial charge on any atom is 0.315 e. The number of urea groups is 1. The van der Waals surface area contributed by atoms with Crippen molar-refractivity contribution in [2.24, 2.45) is 0 Å². The van der Waals surface area contributed by atoms with Crippen molar-refractivity contribution in [1.82, 2.24) is 15.6 Å². The highest BCUT2D eigenvalue weighted by Crippen LogP contribution is 2.40. The summed E-state index contributed by atoms with van der Waals surface area (Å²) in [7, 11) is 0. The predicted octanol–water partition coefficient (Wildman–Crippen LogP) is 3.47. The SMILES string of the molecule is Cc1ccc2[nH]cc(CCNC(=O)N[C@@H]3C[C@H]3c3ccco3)c2c1. The van der Waals surface area contributed by atoms with Crippen LogP contribution in [0.2, 0.25) is 0 Å². The van der Waals surface area contributed by atoms with Gasteiger partial charge in [-0.2, -0.15) is 0 Å². The number of H-pyrrole nitrogens is 1.